The molecule has 0 aromatic rings. The normalized spacial score (nSPS) is 33.8. The first kappa shape index (κ1) is 6.12. The number of nitrogens with one attached hydrogen (secondary N) is 1. The van der Waals surface area contributed by atoms with Crippen LogP contribution in [-0.2, 0) is 9.53 Å². The number of hydrogen-bond donors (Lipinski definition) is 2. The van der Waals surface area contributed by atoms with Gasteiger partial charge in [0.1, 0.15) is 6.04 Å². The molecule has 4 heteroatoms. The van der Waals surface area contributed by atoms with Gasteiger partial charge in [0, 0.05) is 20.1 Å². The van der Waals surface area contributed by atoms with Gasteiger partial charge in [-0.1, -0.05) is 0 Å². The van der Waals surface area contributed by atoms with Crippen LogP contribution in [0.5, 0.6) is 0 Å². The van der Waals surface area contributed by atoms with Crippen molar-refractivity contribution in [2.24, 2.45) is 0 Å². The van der Waals surface area contributed by atoms with E-state index < -0.39 is 12.0 Å². The molecule has 0 unspecified atom stereocenters. The van der Waals surface area contributed by atoms with Crippen molar-refractivity contribution in [3.63, 3.8) is 0 Å². The van der Waals surface area contributed by atoms with E-state index in [0.717, 1.165) is 0 Å². The van der Waals surface area contributed by atoms with Gasteiger partial charge in [-0.2, -0.15) is 0 Å². The fraction of sp³-hybridized carbons (Fsp3) is 0.833. The highest BCUT2D eigenvalue weighted by Crippen LogP contribution is 2.08. The van der Waals surface area contributed by atoms with Crippen molar-refractivity contribution in [3.8, 4) is 0 Å². The lowest BCUT2D eigenvalue weighted by molar-refractivity contribution is -0.139. The number of hydrogen-bond acceptors (Lipinski definition) is 3. The van der Waals surface area contributed by atoms with Crippen molar-refractivity contribution in [2.75, 3.05) is 13.6 Å². The summed E-state index contributed by atoms with van der Waals surface area (Å²) < 4.78 is 11.7. The first-order valence-electron chi connectivity index (χ1n) is 3.81. The Morgan fingerprint density at radius 1 is 2.00 bits per heavy atom. The fourth-order valence-electron chi connectivity index (χ4n) is 1.02. The Morgan fingerprint density at radius 3 is 3.30 bits per heavy atom. The molecule has 1 aliphatic heterocycles. The van der Waals surface area contributed by atoms with Gasteiger partial charge < -0.3 is 15.2 Å². The van der Waals surface area contributed by atoms with E-state index in [-0.39, 0.29) is 13.2 Å². The molecular formula is C6H11NO3. The Hall–Kier alpha value is -0.610. The maximum atomic E-state index is 10.4. The predicted octanol–water partition coefficient (Wildman–Crippen LogP) is -0.552. The van der Waals surface area contributed by atoms with Gasteiger partial charge in [0.25, 0.3) is 0 Å². The van der Waals surface area contributed by atoms with E-state index in [0.29, 0.717) is 13.0 Å². The molecule has 58 valence electrons. The minimum atomic E-state index is -0.846. The average Bonchev–Trinajstić information content (AvgIpc) is 2.37. The standard InChI is InChI=1S/C6H11NO3/c1-10-4-2-5(6(8)9)7-3-4/h4-5,7H,2-3H2,1H3,(H,8,9)/t4-,5+/m1/s1/i1D. The lowest BCUT2D eigenvalue weighted by Crippen LogP contribution is -2.29. The molecule has 0 aromatic heterocycles. The van der Waals surface area contributed by atoms with E-state index >= 15 is 0 Å². The van der Waals surface area contributed by atoms with Crippen molar-refractivity contribution in [2.45, 2.75) is 18.6 Å². The summed E-state index contributed by atoms with van der Waals surface area (Å²) in [6.45, 7) is 0.538. The van der Waals surface area contributed by atoms with E-state index in [4.69, 9.17) is 11.2 Å². The van der Waals surface area contributed by atoms with Crippen molar-refractivity contribution in [3.05, 3.63) is 0 Å². The molecule has 0 aromatic carbocycles. The quantitative estimate of drug-likeness (QED) is 0.548. The van der Waals surface area contributed by atoms with Gasteiger partial charge in [0.15, 0.2) is 0 Å². The zero-order chi connectivity index (χ0) is 8.27. The Bertz CT molecular complexity index is 153. The molecule has 1 rings (SSSR count). The number of aliphatic carboxylic acids is 1. The lowest BCUT2D eigenvalue weighted by atomic mass is 10.2. The van der Waals surface area contributed by atoms with Crippen LogP contribution in [0.2, 0.25) is 0 Å². The van der Waals surface area contributed by atoms with Gasteiger partial charge in [-0.15, -0.1) is 0 Å². The van der Waals surface area contributed by atoms with Gasteiger partial charge in [-0.05, 0) is 0 Å². The molecule has 0 bridgehead atoms. The van der Waals surface area contributed by atoms with Crippen LogP contribution in [0.15, 0.2) is 0 Å². The van der Waals surface area contributed by atoms with Crippen LogP contribution in [0.3, 0.4) is 0 Å². The largest absolute Gasteiger partial charge is 0.480 e. The van der Waals surface area contributed by atoms with Crippen molar-refractivity contribution >= 4 is 5.97 Å². The van der Waals surface area contributed by atoms with E-state index in [9.17, 15) is 4.79 Å². The Kier molecular flexibility index (Phi) is 1.83. The fourth-order valence-corrected chi connectivity index (χ4v) is 1.02. The SMILES string of the molecule is [2H]CO[C@H]1CN[C@H](C(=O)O)C1. The summed E-state index contributed by atoms with van der Waals surface area (Å²) in [5.74, 6) is -0.846. The van der Waals surface area contributed by atoms with E-state index in [1.54, 1.807) is 0 Å². The molecule has 1 heterocycles. The summed E-state index contributed by atoms with van der Waals surface area (Å²) in [7, 11) is -0.0985. The van der Waals surface area contributed by atoms with Crippen LogP contribution < -0.4 is 5.32 Å². The van der Waals surface area contributed by atoms with Crippen LogP contribution in [0.25, 0.3) is 0 Å². The number of ether oxygens (including phenoxy) is 1. The van der Waals surface area contributed by atoms with Crippen LogP contribution in [0.1, 0.15) is 7.79 Å². The zero-order valence-corrected chi connectivity index (χ0v) is 5.54. The number of carboxylic acids is 1. The predicted molar refractivity (Wildman–Crippen MR) is 34.8 cm³/mol. The van der Waals surface area contributed by atoms with Gasteiger partial charge in [-0.3, -0.25) is 4.79 Å². The van der Waals surface area contributed by atoms with Crippen LogP contribution >= 0.6 is 0 Å². The van der Waals surface area contributed by atoms with E-state index in [1.165, 1.54) is 0 Å². The molecule has 2 N–H and O–H groups in total. The molecule has 0 aliphatic carbocycles. The third kappa shape index (κ3) is 1.46. The molecule has 0 amide bonds. The number of carboxylic acid groups (broad SMARTS) is 1. The highest BCUT2D eigenvalue weighted by molar-refractivity contribution is 5.73. The minimum Gasteiger partial charge on any atom is -0.480 e. The second kappa shape index (κ2) is 2.98. The van der Waals surface area contributed by atoms with Crippen molar-refractivity contribution in [1.29, 1.82) is 0 Å². The van der Waals surface area contributed by atoms with Crippen LogP contribution in [0, 0.1) is 0 Å². The molecule has 0 radical (unpaired) electrons. The molecule has 1 saturated heterocycles. The molecule has 1 aliphatic rings. The first-order valence-corrected chi connectivity index (χ1v) is 3.11. The summed E-state index contributed by atoms with van der Waals surface area (Å²) >= 11 is 0. The molecule has 1 fully saturated rings. The van der Waals surface area contributed by atoms with Gasteiger partial charge in [0.2, 0.25) is 0 Å². The van der Waals surface area contributed by atoms with Crippen LogP contribution in [0.4, 0.5) is 0 Å². The maximum Gasteiger partial charge on any atom is 0.320 e. The Labute approximate surface area is 60.6 Å². The second-order valence-electron chi connectivity index (χ2n) is 2.32. The Morgan fingerprint density at radius 2 is 2.80 bits per heavy atom. The van der Waals surface area contributed by atoms with Crippen molar-refractivity contribution in [1.82, 2.24) is 5.32 Å². The van der Waals surface area contributed by atoms with Gasteiger partial charge in [-0.25, -0.2) is 0 Å². The zero-order valence-electron chi connectivity index (χ0n) is 6.54. The smallest absolute Gasteiger partial charge is 0.320 e. The third-order valence-electron chi connectivity index (χ3n) is 1.62. The average molecular weight is 146 g/mol. The molecule has 0 spiro atoms. The monoisotopic (exact) mass is 146 g/mol. The minimum absolute atomic E-state index is 0.0985. The lowest BCUT2D eigenvalue weighted by Gasteiger charge is -2.03. The number of methoxy groups -OCH3 is 1. The highest BCUT2D eigenvalue weighted by atomic mass is 16.5. The summed E-state index contributed by atoms with van der Waals surface area (Å²) in [6, 6.07) is -0.494. The maximum absolute atomic E-state index is 10.4. The molecule has 10 heavy (non-hydrogen) atoms. The molecular weight excluding hydrogens is 134 g/mol. The highest BCUT2D eigenvalue weighted by Gasteiger charge is 2.28. The first-order chi connectivity index (χ1) is 5.24. The summed E-state index contributed by atoms with van der Waals surface area (Å²) in [4.78, 5) is 10.4. The molecule has 4 nitrogen and oxygen atoms in total. The van der Waals surface area contributed by atoms with Crippen molar-refractivity contribution < 1.29 is 16.0 Å². The second-order valence-corrected chi connectivity index (χ2v) is 2.32. The van der Waals surface area contributed by atoms with Gasteiger partial charge in [0.05, 0.1) is 7.47 Å². The summed E-state index contributed by atoms with van der Waals surface area (Å²) in [5.41, 5.74) is 0. The van der Waals surface area contributed by atoms with Gasteiger partial charge >= 0.3 is 5.97 Å². The van der Waals surface area contributed by atoms with E-state index in [2.05, 4.69) is 5.32 Å². The number of carbonyl (C=O) groups is 1. The Balaban J connectivity index is 2.29. The molecule has 0 saturated carbocycles. The summed E-state index contributed by atoms with van der Waals surface area (Å²) in [5, 5.41) is 11.3. The number of rotatable bonds is 2. The summed E-state index contributed by atoms with van der Waals surface area (Å²) in [6.07, 6.45) is 0.363. The van der Waals surface area contributed by atoms with E-state index in [1.807, 2.05) is 0 Å². The van der Waals surface area contributed by atoms with Crippen LogP contribution in [-0.4, -0.2) is 36.9 Å². The topological polar surface area (TPSA) is 58.6 Å². The third-order valence-corrected chi connectivity index (χ3v) is 1.62. The molecule has 2 atom stereocenters.